The highest BCUT2D eigenvalue weighted by Crippen LogP contribution is 2.11. The number of hydrogen-bond acceptors (Lipinski definition) is 4. The molecule has 0 N–H and O–H groups in total. The third kappa shape index (κ3) is 9.76. The number of ketones is 1. The molecule has 0 unspecified atom stereocenters. The van der Waals surface area contributed by atoms with Crippen molar-refractivity contribution in [2.75, 3.05) is 18.1 Å². The number of carbonyl (C=O) groups is 2. The molecule has 0 saturated carbocycles. The van der Waals surface area contributed by atoms with E-state index in [-0.39, 0.29) is 0 Å². The van der Waals surface area contributed by atoms with Crippen molar-refractivity contribution in [3.05, 3.63) is 35.9 Å². The second kappa shape index (κ2) is 14.1. The molecular formula is C20H30O3S. The Morgan fingerprint density at radius 3 is 2.08 bits per heavy atom. The number of ether oxygens (including phenoxy) is 1. The number of rotatable bonds is 14. The lowest BCUT2D eigenvalue weighted by Crippen LogP contribution is -2.18. The first-order valence-electron chi connectivity index (χ1n) is 9.10. The number of hydrogen-bond donors (Lipinski definition) is 0. The number of esters is 1. The first-order valence-corrected chi connectivity index (χ1v) is 10.3. The molecule has 1 aromatic carbocycles. The summed E-state index contributed by atoms with van der Waals surface area (Å²) in [6.45, 7) is 2.55. The Morgan fingerprint density at radius 1 is 0.875 bits per heavy atom. The Bertz CT molecular complexity index is 459. The summed E-state index contributed by atoms with van der Waals surface area (Å²) in [4.78, 5) is 23.5. The Kier molecular flexibility index (Phi) is 12.2. The van der Waals surface area contributed by atoms with E-state index in [2.05, 4.69) is 6.92 Å². The van der Waals surface area contributed by atoms with Crippen LogP contribution >= 0.6 is 11.8 Å². The molecule has 0 radical (unpaired) electrons. The molecule has 0 aliphatic carbocycles. The van der Waals surface area contributed by atoms with Gasteiger partial charge in [0.05, 0.1) is 6.61 Å². The van der Waals surface area contributed by atoms with E-state index in [4.69, 9.17) is 4.74 Å². The Labute approximate surface area is 150 Å². The van der Waals surface area contributed by atoms with E-state index in [1.807, 2.05) is 17.8 Å². The maximum Gasteiger partial charge on any atom is 0.379 e. The normalized spacial score (nSPS) is 10.5. The highest BCUT2D eigenvalue weighted by atomic mass is 32.2. The topological polar surface area (TPSA) is 43.4 Å². The smallest absolute Gasteiger partial charge is 0.379 e. The lowest BCUT2D eigenvalue weighted by molar-refractivity contribution is -0.138. The maximum atomic E-state index is 11.8. The Hall–Kier alpha value is -1.29. The molecule has 0 bridgehead atoms. The number of benzene rings is 1. The lowest BCUT2D eigenvalue weighted by atomic mass is 10.1. The van der Waals surface area contributed by atoms with Gasteiger partial charge in [-0.05, 0) is 24.3 Å². The SMILES string of the molecule is CCSCCCCCCCCCCOC(=O)C(=O)c1ccccc1. The van der Waals surface area contributed by atoms with Crippen LogP contribution in [0, 0.1) is 0 Å². The third-order valence-electron chi connectivity index (χ3n) is 3.84. The van der Waals surface area contributed by atoms with Crippen LogP contribution in [0.3, 0.4) is 0 Å². The minimum atomic E-state index is -0.744. The molecule has 0 saturated heterocycles. The molecule has 0 fully saturated rings. The molecular weight excluding hydrogens is 320 g/mol. The van der Waals surface area contributed by atoms with Gasteiger partial charge in [-0.1, -0.05) is 75.8 Å². The largest absolute Gasteiger partial charge is 0.460 e. The summed E-state index contributed by atoms with van der Waals surface area (Å²) in [5.41, 5.74) is 0.389. The zero-order valence-electron chi connectivity index (χ0n) is 14.8. The lowest BCUT2D eigenvalue weighted by Gasteiger charge is -2.05. The fraction of sp³-hybridized carbons (Fsp3) is 0.600. The van der Waals surface area contributed by atoms with E-state index in [1.54, 1.807) is 24.3 Å². The van der Waals surface area contributed by atoms with Crippen molar-refractivity contribution in [1.29, 1.82) is 0 Å². The molecule has 0 heterocycles. The van der Waals surface area contributed by atoms with Gasteiger partial charge in [0.25, 0.3) is 5.78 Å². The van der Waals surface area contributed by atoms with E-state index in [9.17, 15) is 9.59 Å². The first kappa shape index (κ1) is 20.8. The van der Waals surface area contributed by atoms with Gasteiger partial charge >= 0.3 is 5.97 Å². The quantitative estimate of drug-likeness (QED) is 0.198. The average molecular weight is 351 g/mol. The molecule has 1 aromatic rings. The molecule has 0 aliphatic heterocycles. The van der Waals surface area contributed by atoms with E-state index in [0.29, 0.717) is 12.2 Å². The minimum Gasteiger partial charge on any atom is -0.460 e. The van der Waals surface area contributed by atoms with Gasteiger partial charge < -0.3 is 4.74 Å². The molecule has 0 aromatic heterocycles. The van der Waals surface area contributed by atoms with Gasteiger partial charge in [0.2, 0.25) is 0 Å². The van der Waals surface area contributed by atoms with Gasteiger partial charge in [-0.3, -0.25) is 4.79 Å². The van der Waals surface area contributed by atoms with Gasteiger partial charge in [0, 0.05) is 5.56 Å². The predicted octanol–water partition coefficient (Wildman–Crippen LogP) is 5.29. The molecule has 4 heteroatoms. The highest BCUT2D eigenvalue weighted by molar-refractivity contribution is 7.99. The zero-order valence-corrected chi connectivity index (χ0v) is 15.6. The summed E-state index contributed by atoms with van der Waals surface area (Å²) >= 11 is 2.02. The summed E-state index contributed by atoms with van der Waals surface area (Å²) in [5, 5.41) is 0. The fourth-order valence-electron chi connectivity index (χ4n) is 2.45. The van der Waals surface area contributed by atoms with Crippen molar-refractivity contribution < 1.29 is 14.3 Å². The second-order valence-corrected chi connectivity index (χ2v) is 7.25. The molecule has 0 amide bonds. The average Bonchev–Trinajstić information content (AvgIpc) is 2.62. The van der Waals surface area contributed by atoms with Gasteiger partial charge in [-0.15, -0.1) is 0 Å². The van der Waals surface area contributed by atoms with Gasteiger partial charge in [0.15, 0.2) is 0 Å². The molecule has 0 atom stereocenters. The van der Waals surface area contributed by atoms with Gasteiger partial charge in [0.1, 0.15) is 0 Å². The highest BCUT2D eigenvalue weighted by Gasteiger charge is 2.16. The van der Waals surface area contributed by atoms with Crippen molar-refractivity contribution in [1.82, 2.24) is 0 Å². The summed E-state index contributed by atoms with van der Waals surface area (Å²) in [6.07, 6.45) is 9.61. The monoisotopic (exact) mass is 350 g/mol. The molecule has 1 rings (SSSR count). The number of carbonyl (C=O) groups excluding carboxylic acids is 2. The van der Waals surface area contributed by atoms with Crippen molar-refractivity contribution in [2.45, 2.75) is 58.3 Å². The zero-order chi connectivity index (χ0) is 17.5. The Morgan fingerprint density at radius 2 is 1.46 bits per heavy atom. The van der Waals surface area contributed by atoms with Crippen molar-refractivity contribution in [2.24, 2.45) is 0 Å². The van der Waals surface area contributed by atoms with Crippen molar-refractivity contribution in [3.63, 3.8) is 0 Å². The summed E-state index contributed by atoms with van der Waals surface area (Å²) < 4.78 is 5.05. The van der Waals surface area contributed by atoms with Crippen LogP contribution in [0.4, 0.5) is 0 Å². The van der Waals surface area contributed by atoms with Crippen LogP contribution in [0.2, 0.25) is 0 Å². The van der Waals surface area contributed by atoms with Crippen LogP contribution in [-0.4, -0.2) is 29.9 Å². The summed E-state index contributed by atoms with van der Waals surface area (Å²) in [5.74, 6) is 1.22. The molecule has 0 aliphatic rings. The third-order valence-corrected chi connectivity index (χ3v) is 4.83. The van der Waals surface area contributed by atoms with Crippen LogP contribution < -0.4 is 0 Å². The van der Waals surface area contributed by atoms with Crippen molar-refractivity contribution >= 4 is 23.5 Å². The van der Waals surface area contributed by atoms with E-state index < -0.39 is 11.8 Å². The summed E-state index contributed by atoms with van der Waals surface area (Å²) in [6, 6.07) is 8.55. The van der Waals surface area contributed by atoms with Gasteiger partial charge in [-0.2, -0.15) is 11.8 Å². The number of Topliss-reactive ketones (excluding diaryl/α,β-unsaturated/α-hetero) is 1. The number of thioether (sulfide) groups is 1. The minimum absolute atomic E-state index is 0.339. The standard InChI is InChI=1S/C20H30O3S/c1-2-24-17-13-8-6-4-3-5-7-12-16-23-20(22)19(21)18-14-10-9-11-15-18/h9-11,14-15H,2-8,12-13,16-17H2,1H3. The Balaban J connectivity index is 1.93. The van der Waals surface area contributed by atoms with Crippen LogP contribution in [-0.2, 0) is 9.53 Å². The van der Waals surface area contributed by atoms with Crippen LogP contribution in [0.1, 0.15) is 68.6 Å². The molecule has 24 heavy (non-hydrogen) atoms. The second-order valence-electron chi connectivity index (χ2n) is 5.86. The van der Waals surface area contributed by atoms with Gasteiger partial charge in [-0.25, -0.2) is 4.79 Å². The van der Waals surface area contributed by atoms with E-state index >= 15 is 0 Å². The van der Waals surface area contributed by atoms with Crippen LogP contribution in [0.5, 0.6) is 0 Å². The van der Waals surface area contributed by atoms with Crippen LogP contribution in [0.15, 0.2) is 30.3 Å². The first-order chi connectivity index (χ1) is 11.8. The molecule has 0 spiro atoms. The predicted molar refractivity (Wildman–Crippen MR) is 102 cm³/mol. The molecule has 3 nitrogen and oxygen atoms in total. The summed E-state index contributed by atoms with van der Waals surface area (Å²) in [7, 11) is 0. The van der Waals surface area contributed by atoms with Crippen LogP contribution in [0.25, 0.3) is 0 Å². The van der Waals surface area contributed by atoms with E-state index in [0.717, 1.165) is 12.8 Å². The number of unbranched alkanes of at least 4 members (excludes halogenated alkanes) is 7. The fourth-order valence-corrected chi connectivity index (χ4v) is 3.15. The molecule has 134 valence electrons. The van der Waals surface area contributed by atoms with Crippen molar-refractivity contribution in [3.8, 4) is 0 Å². The maximum absolute atomic E-state index is 11.8. The van der Waals surface area contributed by atoms with E-state index in [1.165, 1.54) is 50.0 Å².